The van der Waals surface area contributed by atoms with Crippen molar-refractivity contribution in [2.75, 3.05) is 17.6 Å². The van der Waals surface area contributed by atoms with E-state index in [1.165, 1.54) is 17.7 Å². The van der Waals surface area contributed by atoms with Crippen molar-refractivity contribution in [3.8, 4) is 0 Å². The first kappa shape index (κ1) is 28.9. The molecule has 0 unspecified atom stereocenters. The first-order chi connectivity index (χ1) is 18.1. The molecular formula is C29H34N2O6S2. The predicted octanol–water partition coefficient (Wildman–Crippen LogP) is 5.03. The summed E-state index contributed by atoms with van der Waals surface area (Å²) < 4.78 is 68.3. The number of rotatable bonds is 9. The largest absolute Gasteiger partial charge is 0.748 e. The third kappa shape index (κ3) is 6.09. The van der Waals surface area contributed by atoms with Gasteiger partial charge in [-0.05, 0) is 50.1 Å². The van der Waals surface area contributed by atoms with E-state index in [0.717, 1.165) is 28.3 Å². The van der Waals surface area contributed by atoms with Gasteiger partial charge in [-0.15, -0.1) is 0 Å². The molecule has 2 N–H and O–H groups in total. The standard InChI is InChI=1S/C29H34N2O6S2/c1-28(2)22-12-8-9-13-24(22)30-26(28)14-6-5-7-15-27-29(3,4)23-20-21(39(35,36)37)16-17-25(23)31(27)18-10-11-19-38(32,33)34/h5-9,12-17,20H,10-11,18-19H2,1-4H3,(H2,32,33,34,35,36,37). The first-order valence-corrected chi connectivity index (χ1v) is 15.8. The molecule has 208 valence electrons. The van der Waals surface area contributed by atoms with Gasteiger partial charge in [0, 0.05) is 46.7 Å². The zero-order valence-corrected chi connectivity index (χ0v) is 24.1. The Hall–Kier alpha value is -3.05. The molecule has 0 saturated heterocycles. The van der Waals surface area contributed by atoms with Crippen LogP contribution in [0.4, 0.5) is 11.4 Å². The maximum atomic E-state index is 11.8. The minimum atomic E-state index is -4.38. The van der Waals surface area contributed by atoms with Crippen LogP contribution in [0.3, 0.4) is 0 Å². The maximum Gasteiger partial charge on any atom is 0.294 e. The number of hydrogen-bond acceptors (Lipinski definition) is 6. The summed E-state index contributed by atoms with van der Waals surface area (Å²) in [7, 11) is -8.68. The van der Waals surface area contributed by atoms with Crippen LogP contribution in [0.5, 0.6) is 0 Å². The van der Waals surface area contributed by atoms with E-state index in [4.69, 9.17) is 0 Å². The highest BCUT2D eigenvalue weighted by molar-refractivity contribution is 7.86. The van der Waals surface area contributed by atoms with E-state index in [2.05, 4.69) is 31.3 Å². The summed E-state index contributed by atoms with van der Waals surface area (Å²) in [5, 5.41) is 3.48. The van der Waals surface area contributed by atoms with E-state index in [1.54, 1.807) is 6.07 Å². The lowest BCUT2D eigenvalue weighted by molar-refractivity contribution is -0.438. The van der Waals surface area contributed by atoms with Crippen LogP contribution in [0.25, 0.3) is 0 Å². The van der Waals surface area contributed by atoms with Gasteiger partial charge in [-0.3, -0.25) is 4.55 Å². The molecule has 0 aromatic heterocycles. The highest BCUT2D eigenvalue weighted by Gasteiger charge is 2.44. The Balaban J connectivity index is 1.62. The van der Waals surface area contributed by atoms with Crippen molar-refractivity contribution in [3.05, 3.63) is 89.7 Å². The number of fused-ring (bicyclic) bond motifs is 2. The van der Waals surface area contributed by atoms with E-state index in [0.29, 0.717) is 13.0 Å². The van der Waals surface area contributed by atoms with Crippen LogP contribution in [0.1, 0.15) is 51.7 Å². The predicted molar refractivity (Wildman–Crippen MR) is 152 cm³/mol. The average Bonchev–Trinajstić information content (AvgIpc) is 3.22. The third-order valence-corrected chi connectivity index (χ3v) is 9.11. The Labute approximate surface area is 231 Å². The number of para-hydroxylation sites is 1. The summed E-state index contributed by atoms with van der Waals surface area (Å²) in [6.45, 7) is 8.73. The molecule has 0 bridgehead atoms. The summed E-state index contributed by atoms with van der Waals surface area (Å²) in [5.74, 6) is -0.435. The summed E-state index contributed by atoms with van der Waals surface area (Å²) in [6.07, 6.45) is 10.5. The normalized spacial score (nSPS) is 19.2. The number of nitrogens with one attached hydrogen (secondary N) is 1. The molecule has 4 rings (SSSR count). The van der Waals surface area contributed by atoms with Crippen LogP contribution in [-0.4, -0.2) is 48.5 Å². The minimum absolute atomic E-state index is 0.145. The molecule has 2 aliphatic rings. The number of benzene rings is 2. The van der Waals surface area contributed by atoms with Gasteiger partial charge in [0.15, 0.2) is 5.71 Å². The number of allylic oxidation sites excluding steroid dienone is 6. The second-order valence-corrected chi connectivity index (χ2v) is 13.8. The molecule has 2 aliphatic heterocycles. The number of hydrogen-bond donors (Lipinski definition) is 2. The van der Waals surface area contributed by atoms with Gasteiger partial charge in [-0.2, -0.15) is 13.0 Å². The van der Waals surface area contributed by atoms with Crippen molar-refractivity contribution in [3.63, 3.8) is 0 Å². The van der Waals surface area contributed by atoms with E-state index in [-0.39, 0.29) is 16.7 Å². The van der Waals surface area contributed by atoms with Crippen LogP contribution in [0, 0.1) is 0 Å². The monoisotopic (exact) mass is 570 g/mol. The van der Waals surface area contributed by atoms with Gasteiger partial charge >= 0.3 is 0 Å². The topological polar surface area (TPSA) is 127 Å². The van der Waals surface area contributed by atoms with Crippen molar-refractivity contribution in [1.82, 2.24) is 0 Å². The average molecular weight is 571 g/mol. The second kappa shape index (κ2) is 10.5. The Morgan fingerprint density at radius 1 is 0.923 bits per heavy atom. The van der Waals surface area contributed by atoms with Crippen LogP contribution < -0.4 is 5.32 Å². The molecular weight excluding hydrogens is 536 g/mol. The number of nitrogens with zero attached hydrogens (tertiary/aromatic N) is 1. The summed E-state index contributed by atoms with van der Waals surface area (Å²) in [6, 6.07) is 12.7. The molecule has 39 heavy (non-hydrogen) atoms. The molecule has 2 heterocycles. The molecule has 0 fully saturated rings. The summed E-state index contributed by atoms with van der Waals surface area (Å²) in [4.78, 5) is -0.184. The Kier molecular flexibility index (Phi) is 7.79. The number of unbranched alkanes of at least 4 members (excludes halogenated alkanes) is 1. The van der Waals surface area contributed by atoms with E-state index >= 15 is 0 Å². The smallest absolute Gasteiger partial charge is 0.294 e. The quantitative estimate of drug-likeness (QED) is 0.187. The highest BCUT2D eigenvalue weighted by Crippen LogP contribution is 2.43. The number of anilines is 1. The molecule has 2 aromatic carbocycles. The van der Waals surface area contributed by atoms with Crippen molar-refractivity contribution >= 4 is 37.3 Å². The molecule has 0 amide bonds. The van der Waals surface area contributed by atoms with E-state index in [9.17, 15) is 25.9 Å². The minimum Gasteiger partial charge on any atom is -0.748 e. The van der Waals surface area contributed by atoms with Crippen molar-refractivity contribution in [2.45, 2.75) is 56.3 Å². The Morgan fingerprint density at radius 3 is 2.31 bits per heavy atom. The fourth-order valence-corrected chi connectivity index (χ4v) is 6.37. The molecule has 0 spiro atoms. The van der Waals surface area contributed by atoms with E-state index < -0.39 is 31.4 Å². The maximum absolute atomic E-state index is 11.8. The molecule has 8 nitrogen and oxygen atoms in total. The van der Waals surface area contributed by atoms with Gasteiger partial charge in [0.2, 0.25) is 5.69 Å². The van der Waals surface area contributed by atoms with Crippen LogP contribution in [-0.2, 0) is 31.1 Å². The third-order valence-electron chi connectivity index (χ3n) is 7.47. The molecule has 0 saturated carbocycles. The van der Waals surface area contributed by atoms with E-state index in [1.807, 2.05) is 60.9 Å². The molecule has 10 heteroatoms. The summed E-state index contributed by atoms with van der Waals surface area (Å²) >= 11 is 0. The molecule has 0 radical (unpaired) electrons. The first-order valence-electron chi connectivity index (χ1n) is 12.7. The highest BCUT2D eigenvalue weighted by atomic mass is 32.2. The van der Waals surface area contributed by atoms with Crippen LogP contribution in [0.15, 0.2) is 83.4 Å². The molecule has 0 aliphatic carbocycles. The van der Waals surface area contributed by atoms with Gasteiger partial charge in [0.25, 0.3) is 10.1 Å². The van der Waals surface area contributed by atoms with Crippen LogP contribution in [0.2, 0.25) is 0 Å². The van der Waals surface area contributed by atoms with Gasteiger partial charge in [0.05, 0.1) is 20.4 Å². The summed E-state index contributed by atoms with van der Waals surface area (Å²) in [5.41, 5.74) is 5.08. The molecule has 0 atom stereocenters. The van der Waals surface area contributed by atoms with Gasteiger partial charge in [-0.1, -0.05) is 50.3 Å². The fraction of sp³-hybridized carbons (Fsp3) is 0.345. The van der Waals surface area contributed by atoms with Gasteiger partial charge < -0.3 is 9.87 Å². The lowest BCUT2D eigenvalue weighted by atomic mass is 9.81. The van der Waals surface area contributed by atoms with Crippen LogP contribution >= 0.6 is 0 Å². The van der Waals surface area contributed by atoms with Crippen molar-refractivity contribution in [2.24, 2.45) is 0 Å². The fourth-order valence-electron chi connectivity index (χ4n) is 5.30. The van der Waals surface area contributed by atoms with Gasteiger partial charge in [0.1, 0.15) is 6.54 Å². The lowest BCUT2D eigenvalue weighted by Crippen LogP contribution is -2.28. The SMILES string of the molecule is CC1(C)C(/C=C/C=C/C=C2/Nc3ccccc3C2(C)C)=[N+](CCCCS(=O)(=O)[O-])c2ccc(S(=O)(=O)O)cc21. The Bertz CT molecular complexity index is 1630. The zero-order valence-electron chi connectivity index (χ0n) is 22.5. The van der Waals surface area contributed by atoms with Gasteiger partial charge in [-0.25, -0.2) is 8.42 Å². The lowest BCUT2D eigenvalue weighted by Gasteiger charge is -2.19. The Morgan fingerprint density at radius 2 is 1.64 bits per heavy atom. The zero-order chi connectivity index (χ0) is 28.6. The second-order valence-electron chi connectivity index (χ2n) is 10.9. The van der Waals surface area contributed by atoms with Crippen molar-refractivity contribution < 1.29 is 30.5 Å². The molecule has 2 aromatic rings. The van der Waals surface area contributed by atoms with Crippen molar-refractivity contribution in [1.29, 1.82) is 0 Å².